The summed E-state index contributed by atoms with van der Waals surface area (Å²) < 4.78 is 28.6. The second kappa shape index (κ2) is 9.13. The standard InChI is InChI=1S/C19H22F2N2O2/c1-14(16-6-4-3-5-7-16)22-18(24)13-23(2)12-15-8-10-17(11-9-15)25-19(20)21/h3-11,14,19H,12-13H2,1-2H3,(H,22,24)/t14-/m1/s1. The zero-order chi connectivity index (χ0) is 18.2. The van der Waals surface area contributed by atoms with Gasteiger partial charge in [-0.05, 0) is 37.2 Å². The van der Waals surface area contributed by atoms with Gasteiger partial charge in [0.15, 0.2) is 0 Å². The lowest BCUT2D eigenvalue weighted by atomic mass is 10.1. The maximum Gasteiger partial charge on any atom is 0.387 e. The first-order valence-corrected chi connectivity index (χ1v) is 8.00. The third-order valence-corrected chi connectivity index (χ3v) is 3.69. The number of likely N-dealkylation sites (N-methyl/N-ethyl adjacent to an activating group) is 1. The number of halogens is 2. The number of nitrogens with zero attached hydrogens (tertiary/aromatic N) is 1. The number of nitrogens with one attached hydrogen (secondary N) is 1. The minimum absolute atomic E-state index is 0.0621. The summed E-state index contributed by atoms with van der Waals surface area (Å²) in [4.78, 5) is 14.0. The third-order valence-electron chi connectivity index (χ3n) is 3.69. The van der Waals surface area contributed by atoms with Crippen LogP contribution in [0.3, 0.4) is 0 Å². The molecule has 0 spiro atoms. The van der Waals surface area contributed by atoms with E-state index >= 15 is 0 Å². The summed E-state index contributed by atoms with van der Waals surface area (Å²) >= 11 is 0. The molecule has 4 nitrogen and oxygen atoms in total. The van der Waals surface area contributed by atoms with Crippen molar-refractivity contribution in [1.82, 2.24) is 10.2 Å². The Morgan fingerprint density at radius 2 is 1.76 bits per heavy atom. The van der Waals surface area contributed by atoms with Crippen molar-refractivity contribution in [2.24, 2.45) is 0 Å². The van der Waals surface area contributed by atoms with Gasteiger partial charge in [0.25, 0.3) is 0 Å². The number of rotatable bonds is 8. The molecule has 0 saturated heterocycles. The molecule has 0 saturated carbocycles. The highest BCUT2D eigenvalue weighted by atomic mass is 19.3. The molecule has 25 heavy (non-hydrogen) atoms. The Labute approximate surface area is 146 Å². The number of hydrogen-bond acceptors (Lipinski definition) is 3. The molecule has 6 heteroatoms. The van der Waals surface area contributed by atoms with Crippen LogP contribution in [0.4, 0.5) is 8.78 Å². The topological polar surface area (TPSA) is 41.6 Å². The van der Waals surface area contributed by atoms with Crippen LogP contribution in [0, 0.1) is 0 Å². The highest BCUT2D eigenvalue weighted by molar-refractivity contribution is 5.78. The molecule has 2 aromatic carbocycles. The summed E-state index contributed by atoms with van der Waals surface area (Å²) in [7, 11) is 1.83. The maximum absolute atomic E-state index is 12.1. The quantitative estimate of drug-likeness (QED) is 0.793. The average Bonchev–Trinajstić information content (AvgIpc) is 2.56. The lowest BCUT2D eigenvalue weighted by Gasteiger charge is -2.19. The summed E-state index contributed by atoms with van der Waals surface area (Å²) in [6.45, 7) is -0.118. The average molecular weight is 348 g/mol. The van der Waals surface area contributed by atoms with Crippen molar-refractivity contribution in [1.29, 1.82) is 0 Å². The van der Waals surface area contributed by atoms with E-state index in [9.17, 15) is 13.6 Å². The monoisotopic (exact) mass is 348 g/mol. The Balaban J connectivity index is 1.81. The fourth-order valence-electron chi connectivity index (χ4n) is 2.50. The number of benzene rings is 2. The van der Waals surface area contributed by atoms with Gasteiger partial charge >= 0.3 is 6.61 Å². The second-order valence-electron chi connectivity index (χ2n) is 5.89. The number of carbonyl (C=O) groups is 1. The summed E-state index contributed by atoms with van der Waals surface area (Å²) in [5.41, 5.74) is 1.96. The van der Waals surface area contributed by atoms with E-state index in [1.807, 2.05) is 49.2 Å². The van der Waals surface area contributed by atoms with Crippen molar-refractivity contribution in [3.05, 3.63) is 65.7 Å². The van der Waals surface area contributed by atoms with Gasteiger partial charge in [-0.2, -0.15) is 8.78 Å². The molecule has 2 aromatic rings. The van der Waals surface area contributed by atoms with Crippen molar-refractivity contribution in [3.63, 3.8) is 0 Å². The molecule has 1 amide bonds. The Morgan fingerprint density at radius 1 is 1.12 bits per heavy atom. The van der Waals surface area contributed by atoms with Crippen LogP contribution in [-0.4, -0.2) is 31.0 Å². The molecule has 0 aliphatic carbocycles. The van der Waals surface area contributed by atoms with Crippen LogP contribution < -0.4 is 10.1 Å². The van der Waals surface area contributed by atoms with Gasteiger partial charge in [0, 0.05) is 6.54 Å². The van der Waals surface area contributed by atoms with E-state index in [2.05, 4.69) is 10.1 Å². The second-order valence-corrected chi connectivity index (χ2v) is 5.89. The van der Waals surface area contributed by atoms with Crippen LogP contribution >= 0.6 is 0 Å². The predicted octanol–water partition coefficient (Wildman–Crippen LogP) is 3.60. The molecule has 0 bridgehead atoms. The van der Waals surface area contributed by atoms with Crippen molar-refractivity contribution < 1.29 is 18.3 Å². The lowest BCUT2D eigenvalue weighted by molar-refractivity contribution is -0.122. The van der Waals surface area contributed by atoms with Gasteiger partial charge in [-0.3, -0.25) is 9.69 Å². The molecule has 0 aromatic heterocycles. The zero-order valence-electron chi connectivity index (χ0n) is 14.3. The Morgan fingerprint density at radius 3 is 2.36 bits per heavy atom. The molecular formula is C19H22F2N2O2. The fraction of sp³-hybridized carbons (Fsp3) is 0.316. The van der Waals surface area contributed by atoms with Gasteiger partial charge < -0.3 is 10.1 Å². The van der Waals surface area contributed by atoms with Crippen LogP contribution in [0.2, 0.25) is 0 Å². The predicted molar refractivity (Wildman–Crippen MR) is 92.4 cm³/mol. The molecule has 1 atom stereocenters. The maximum atomic E-state index is 12.1. The molecular weight excluding hydrogens is 326 g/mol. The van der Waals surface area contributed by atoms with Crippen molar-refractivity contribution in [2.75, 3.05) is 13.6 Å². The van der Waals surface area contributed by atoms with E-state index in [0.717, 1.165) is 11.1 Å². The Hall–Kier alpha value is -2.47. The van der Waals surface area contributed by atoms with Crippen molar-refractivity contribution in [3.8, 4) is 5.75 Å². The minimum Gasteiger partial charge on any atom is -0.435 e. The van der Waals surface area contributed by atoms with Gasteiger partial charge in [-0.1, -0.05) is 42.5 Å². The van der Waals surface area contributed by atoms with Gasteiger partial charge in [-0.25, -0.2) is 0 Å². The summed E-state index contributed by atoms with van der Waals surface area (Å²) in [6.07, 6.45) is 0. The molecule has 1 N–H and O–H groups in total. The number of ether oxygens (including phenoxy) is 1. The first kappa shape index (κ1) is 18.9. The molecule has 0 radical (unpaired) electrons. The highest BCUT2D eigenvalue weighted by Crippen LogP contribution is 2.16. The number of carbonyl (C=O) groups excluding carboxylic acids is 1. The Kier molecular flexibility index (Phi) is 6.89. The normalized spacial score (nSPS) is 12.2. The molecule has 134 valence electrons. The first-order valence-electron chi connectivity index (χ1n) is 8.00. The van der Waals surface area contributed by atoms with Crippen LogP contribution in [0.1, 0.15) is 24.1 Å². The SMILES string of the molecule is C[C@@H](NC(=O)CN(C)Cc1ccc(OC(F)F)cc1)c1ccccc1. The largest absolute Gasteiger partial charge is 0.435 e. The minimum atomic E-state index is -2.83. The van der Waals surface area contributed by atoms with Gasteiger partial charge in [0.1, 0.15) is 5.75 Å². The summed E-state index contributed by atoms with van der Waals surface area (Å²) in [6, 6.07) is 16.1. The van der Waals surface area contributed by atoms with E-state index in [1.54, 1.807) is 12.1 Å². The first-order chi connectivity index (χ1) is 11.9. The van der Waals surface area contributed by atoms with Crippen LogP contribution in [-0.2, 0) is 11.3 Å². The van der Waals surface area contributed by atoms with Crippen LogP contribution in [0.15, 0.2) is 54.6 Å². The van der Waals surface area contributed by atoms with E-state index in [0.29, 0.717) is 6.54 Å². The molecule has 0 aliphatic heterocycles. The van der Waals surface area contributed by atoms with Crippen LogP contribution in [0.25, 0.3) is 0 Å². The third kappa shape index (κ3) is 6.51. The van der Waals surface area contributed by atoms with E-state index in [1.165, 1.54) is 12.1 Å². The van der Waals surface area contributed by atoms with E-state index < -0.39 is 6.61 Å². The molecule has 0 unspecified atom stereocenters. The number of amides is 1. The molecule has 0 fully saturated rings. The van der Waals surface area contributed by atoms with Crippen molar-refractivity contribution >= 4 is 5.91 Å². The van der Waals surface area contributed by atoms with Crippen LogP contribution in [0.5, 0.6) is 5.75 Å². The number of hydrogen-bond donors (Lipinski definition) is 1. The van der Waals surface area contributed by atoms with E-state index in [-0.39, 0.29) is 24.2 Å². The summed E-state index contributed by atoms with van der Waals surface area (Å²) in [5, 5.41) is 2.96. The van der Waals surface area contributed by atoms with E-state index in [4.69, 9.17) is 0 Å². The number of alkyl halides is 2. The molecule has 0 heterocycles. The fourth-order valence-corrected chi connectivity index (χ4v) is 2.50. The van der Waals surface area contributed by atoms with Gasteiger partial charge in [0.05, 0.1) is 12.6 Å². The molecule has 0 aliphatic rings. The zero-order valence-corrected chi connectivity index (χ0v) is 14.3. The van der Waals surface area contributed by atoms with Crippen molar-refractivity contribution in [2.45, 2.75) is 26.1 Å². The smallest absolute Gasteiger partial charge is 0.387 e. The highest BCUT2D eigenvalue weighted by Gasteiger charge is 2.12. The van der Waals surface area contributed by atoms with Gasteiger partial charge in [0.2, 0.25) is 5.91 Å². The summed E-state index contributed by atoms with van der Waals surface area (Å²) in [5.74, 6) is 0.0485. The Bertz CT molecular complexity index is 663. The molecule has 2 rings (SSSR count). The van der Waals surface area contributed by atoms with Gasteiger partial charge in [-0.15, -0.1) is 0 Å². The lowest BCUT2D eigenvalue weighted by Crippen LogP contribution is -2.36.